The largest absolute Gasteiger partial charge is 0.497 e. The van der Waals surface area contributed by atoms with E-state index in [0.717, 1.165) is 32.1 Å². The fourth-order valence-corrected chi connectivity index (χ4v) is 4.11. The van der Waals surface area contributed by atoms with Crippen LogP contribution in [-0.2, 0) is 20.8 Å². The summed E-state index contributed by atoms with van der Waals surface area (Å²) in [6, 6.07) is 8.44. The van der Waals surface area contributed by atoms with Crippen molar-refractivity contribution >= 4 is 5.97 Å². The van der Waals surface area contributed by atoms with Gasteiger partial charge in [0.2, 0.25) is 0 Å². The van der Waals surface area contributed by atoms with E-state index in [-0.39, 0.29) is 0 Å². The number of benzene rings is 1. The minimum Gasteiger partial charge on any atom is -0.497 e. The third kappa shape index (κ3) is 6.85. The van der Waals surface area contributed by atoms with Gasteiger partial charge in [0.15, 0.2) is 0 Å². The van der Waals surface area contributed by atoms with Crippen LogP contribution in [0.25, 0.3) is 0 Å². The Morgan fingerprint density at radius 1 is 1.20 bits per heavy atom. The highest BCUT2D eigenvalue weighted by atomic mass is 19.4. The van der Waals surface area contributed by atoms with Crippen LogP contribution in [0.1, 0.15) is 24.8 Å². The van der Waals surface area contributed by atoms with Crippen LogP contribution in [0.5, 0.6) is 5.75 Å². The summed E-state index contributed by atoms with van der Waals surface area (Å²) in [4.78, 5) is 11.5. The molecular formula is C21H30F3NO5. The van der Waals surface area contributed by atoms with Gasteiger partial charge in [-0.15, -0.1) is 0 Å². The standard InChI is InChI=1S/C19H29NO3.C2HF3O2/c1-21-14-17-15-23-12-9-19(17)7-10-20(11-8-19)13-16-3-5-18(22-2)6-4-16;3-2(4,5)1(6)7/h3-6,17H,7-15H2,1-2H3;(H,6,7). The van der Waals surface area contributed by atoms with Gasteiger partial charge in [0.05, 0.1) is 20.3 Å². The molecule has 1 unspecified atom stereocenters. The highest BCUT2D eigenvalue weighted by Crippen LogP contribution is 2.45. The Kier molecular flexibility index (Phi) is 8.93. The highest BCUT2D eigenvalue weighted by molar-refractivity contribution is 5.73. The zero-order valence-corrected chi connectivity index (χ0v) is 17.4. The van der Waals surface area contributed by atoms with Crippen molar-refractivity contribution in [2.24, 2.45) is 11.3 Å². The van der Waals surface area contributed by atoms with Crippen LogP contribution >= 0.6 is 0 Å². The van der Waals surface area contributed by atoms with Crippen molar-refractivity contribution in [1.29, 1.82) is 0 Å². The number of halogens is 3. The number of rotatable bonds is 5. The number of hydrogen-bond donors (Lipinski definition) is 1. The molecule has 0 radical (unpaired) electrons. The number of piperidine rings is 1. The third-order valence-electron chi connectivity index (χ3n) is 5.96. The summed E-state index contributed by atoms with van der Waals surface area (Å²) in [6.07, 6.45) is -1.36. The van der Waals surface area contributed by atoms with Gasteiger partial charge >= 0.3 is 12.1 Å². The molecule has 1 spiro atoms. The lowest BCUT2D eigenvalue weighted by Crippen LogP contribution is -2.49. The summed E-state index contributed by atoms with van der Waals surface area (Å²) in [5, 5.41) is 7.12. The average Bonchev–Trinajstić information content (AvgIpc) is 2.72. The lowest BCUT2D eigenvalue weighted by Gasteiger charge is -2.49. The molecule has 1 aromatic rings. The van der Waals surface area contributed by atoms with Crippen molar-refractivity contribution in [3.05, 3.63) is 29.8 Å². The molecule has 2 heterocycles. The van der Waals surface area contributed by atoms with Crippen molar-refractivity contribution < 1.29 is 37.3 Å². The first-order chi connectivity index (χ1) is 14.2. The minimum atomic E-state index is -5.08. The van der Waals surface area contributed by atoms with Crippen molar-refractivity contribution in [2.45, 2.75) is 32.0 Å². The molecule has 6 nitrogen and oxygen atoms in total. The summed E-state index contributed by atoms with van der Waals surface area (Å²) in [5.41, 5.74) is 1.80. The van der Waals surface area contributed by atoms with Gasteiger partial charge in [0, 0.05) is 26.2 Å². The van der Waals surface area contributed by atoms with Gasteiger partial charge in [-0.3, -0.25) is 4.90 Å². The SMILES string of the molecule is COCC1COCCC12CCN(Cc1ccc(OC)cc1)CC2.O=C(O)C(F)(F)F. The second-order valence-electron chi connectivity index (χ2n) is 7.77. The van der Waals surface area contributed by atoms with E-state index in [9.17, 15) is 13.2 Å². The molecular weight excluding hydrogens is 403 g/mol. The highest BCUT2D eigenvalue weighted by Gasteiger charge is 2.43. The molecule has 0 amide bonds. The van der Waals surface area contributed by atoms with Crippen LogP contribution in [0.15, 0.2) is 24.3 Å². The molecule has 0 bridgehead atoms. The van der Waals surface area contributed by atoms with Crippen molar-refractivity contribution in [1.82, 2.24) is 4.90 Å². The molecule has 0 aromatic heterocycles. The van der Waals surface area contributed by atoms with Gasteiger partial charge < -0.3 is 19.3 Å². The van der Waals surface area contributed by atoms with Crippen LogP contribution in [0, 0.1) is 11.3 Å². The van der Waals surface area contributed by atoms with Gasteiger partial charge in [-0.1, -0.05) is 12.1 Å². The number of likely N-dealkylation sites (tertiary alicyclic amines) is 1. The zero-order chi connectivity index (χ0) is 22.2. The first-order valence-corrected chi connectivity index (χ1v) is 9.92. The quantitative estimate of drug-likeness (QED) is 0.766. The van der Waals surface area contributed by atoms with Gasteiger partial charge in [0.25, 0.3) is 0 Å². The minimum absolute atomic E-state index is 0.435. The lowest BCUT2D eigenvalue weighted by atomic mass is 9.66. The van der Waals surface area contributed by atoms with E-state index in [1.807, 2.05) is 12.1 Å². The van der Waals surface area contributed by atoms with Crippen LogP contribution in [0.4, 0.5) is 13.2 Å². The van der Waals surface area contributed by atoms with Crippen LogP contribution in [-0.4, -0.2) is 69.3 Å². The Morgan fingerprint density at radius 3 is 2.30 bits per heavy atom. The first kappa shape index (κ1) is 24.4. The van der Waals surface area contributed by atoms with Crippen LogP contribution < -0.4 is 4.74 Å². The molecule has 2 saturated heterocycles. The number of carbonyl (C=O) groups is 1. The fraction of sp³-hybridized carbons (Fsp3) is 0.667. The normalized spacial score (nSPS) is 21.6. The summed E-state index contributed by atoms with van der Waals surface area (Å²) in [5.74, 6) is -1.27. The summed E-state index contributed by atoms with van der Waals surface area (Å²) >= 11 is 0. The number of carboxylic acids is 1. The summed E-state index contributed by atoms with van der Waals surface area (Å²) < 4.78 is 48.1. The molecule has 9 heteroatoms. The Bertz CT molecular complexity index is 656. The van der Waals surface area contributed by atoms with E-state index in [4.69, 9.17) is 24.1 Å². The maximum Gasteiger partial charge on any atom is 0.490 e. The van der Waals surface area contributed by atoms with Gasteiger partial charge in [-0.05, 0) is 55.5 Å². The molecule has 1 atom stereocenters. The molecule has 0 aliphatic carbocycles. The lowest BCUT2D eigenvalue weighted by molar-refractivity contribution is -0.192. The van der Waals surface area contributed by atoms with Crippen molar-refractivity contribution in [2.75, 3.05) is 47.1 Å². The van der Waals surface area contributed by atoms with E-state index >= 15 is 0 Å². The number of aliphatic carboxylic acids is 1. The van der Waals surface area contributed by atoms with Crippen LogP contribution in [0.2, 0.25) is 0 Å². The monoisotopic (exact) mass is 433 g/mol. The van der Waals surface area contributed by atoms with E-state index in [1.165, 1.54) is 37.9 Å². The number of alkyl halides is 3. The number of ether oxygens (including phenoxy) is 3. The zero-order valence-electron chi connectivity index (χ0n) is 17.4. The van der Waals surface area contributed by atoms with E-state index in [0.29, 0.717) is 11.3 Å². The molecule has 2 aliphatic rings. The predicted octanol–water partition coefficient (Wildman–Crippen LogP) is 3.59. The molecule has 2 fully saturated rings. The number of methoxy groups -OCH3 is 2. The molecule has 0 saturated carbocycles. The Hall–Kier alpha value is -1.84. The van der Waals surface area contributed by atoms with Gasteiger partial charge in [0.1, 0.15) is 5.75 Å². The number of hydrogen-bond acceptors (Lipinski definition) is 5. The predicted molar refractivity (Wildman–Crippen MR) is 104 cm³/mol. The van der Waals surface area contributed by atoms with Crippen LogP contribution in [0.3, 0.4) is 0 Å². The topological polar surface area (TPSA) is 68.2 Å². The second kappa shape index (κ2) is 11.0. The van der Waals surface area contributed by atoms with Crippen molar-refractivity contribution in [3.8, 4) is 5.75 Å². The Labute approximate surface area is 174 Å². The van der Waals surface area contributed by atoms with Crippen molar-refractivity contribution in [3.63, 3.8) is 0 Å². The average molecular weight is 433 g/mol. The number of nitrogens with zero attached hydrogens (tertiary/aromatic N) is 1. The maximum atomic E-state index is 10.6. The smallest absolute Gasteiger partial charge is 0.490 e. The molecule has 3 rings (SSSR count). The summed E-state index contributed by atoms with van der Waals surface area (Å²) in [7, 11) is 3.52. The van der Waals surface area contributed by atoms with Gasteiger partial charge in [-0.2, -0.15) is 13.2 Å². The number of carboxylic acid groups (broad SMARTS) is 1. The van der Waals surface area contributed by atoms with Gasteiger partial charge in [-0.25, -0.2) is 4.79 Å². The first-order valence-electron chi connectivity index (χ1n) is 9.92. The third-order valence-corrected chi connectivity index (χ3v) is 5.96. The summed E-state index contributed by atoms with van der Waals surface area (Å²) in [6.45, 7) is 5.99. The molecule has 1 aromatic carbocycles. The Morgan fingerprint density at radius 2 is 1.80 bits per heavy atom. The Balaban J connectivity index is 0.000000396. The molecule has 30 heavy (non-hydrogen) atoms. The molecule has 170 valence electrons. The molecule has 2 aliphatic heterocycles. The molecule has 1 N–H and O–H groups in total. The van der Waals surface area contributed by atoms with E-state index in [1.54, 1.807) is 14.2 Å². The second-order valence-corrected chi connectivity index (χ2v) is 7.77. The maximum absolute atomic E-state index is 10.6. The van der Waals surface area contributed by atoms with E-state index < -0.39 is 12.1 Å². The van der Waals surface area contributed by atoms with E-state index in [2.05, 4.69) is 17.0 Å². The fourth-order valence-electron chi connectivity index (χ4n) is 4.11.